The predicted octanol–water partition coefficient (Wildman–Crippen LogP) is 2.22. The Morgan fingerprint density at radius 3 is 2.80 bits per heavy atom. The minimum absolute atomic E-state index is 0.249. The lowest BCUT2D eigenvalue weighted by Crippen LogP contribution is -2.01. The molecule has 0 heterocycles. The molecule has 1 rings (SSSR count). The molecule has 0 radical (unpaired) electrons. The lowest BCUT2D eigenvalue weighted by atomic mass is 10.2. The Bertz CT molecular complexity index is 355. The Kier molecular flexibility index (Phi) is 4.65. The number of benzene rings is 1. The van der Waals surface area contributed by atoms with E-state index >= 15 is 0 Å². The smallest absolute Gasteiger partial charge is 0.142 e. The molecular weight excluding hydrogens is 195 g/mol. The second-order valence-corrected chi connectivity index (χ2v) is 2.98. The number of terminal acetylenes is 1. The Morgan fingerprint density at radius 1 is 1.40 bits per heavy atom. The van der Waals surface area contributed by atoms with Crippen LogP contribution >= 0.6 is 0 Å². The quantitative estimate of drug-likeness (QED) is 0.545. The minimum atomic E-state index is -0.429. The molecule has 0 amide bonds. The zero-order valence-electron chi connectivity index (χ0n) is 8.63. The van der Waals surface area contributed by atoms with E-state index in [1.54, 1.807) is 13.2 Å². The molecule has 15 heavy (non-hydrogen) atoms. The van der Waals surface area contributed by atoms with Crippen molar-refractivity contribution in [1.82, 2.24) is 0 Å². The van der Waals surface area contributed by atoms with E-state index in [0.717, 1.165) is 6.42 Å². The molecule has 1 aromatic carbocycles. The average Bonchev–Trinajstić information content (AvgIpc) is 2.25. The van der Waals surface area contributed by atoms with Gasteiger partial charge in [-0.25, -0.2) is 4.39 Å². The van der Waals surface area contributed by atoms with Crippen LogP contribution in [0.1, 0.15) is 12.0 Å². The second-order valence-electron chi connectivity index (χ2n) is 2.98. The summed E-state index contributed by atoms with van der Waals surface area (Å²) in [5.41, 5.74) is 0.249. The van der Waals surface area contributed by atoms with Gasteiger partial charge in [0.25, 0.3) is 0 Å². The summed E-state index contributed by atoms with van der Waals surface area (Å²) in [6, 6.07) is 4.48. The summed E-state index contributed by atoms with van der Waals surface area (Å²) in [4.78, 5) is 0. The molecule has 80 valence electrons. The zero-order valence-corrected chi connectivity index (χ0v) is 8.63. The van der Waals surface area contributed by atoms with E-state index in [4.69, 9.17) is 15.9 Å². The van der Waals surface area contributed by atoms with Gasteiger partial charge in [-0.05, 0) is 12.1 Å². The molecule has 0 aliphatic heterocycles. The van der Waals surface area contributed by atoms with E-state index in [9.17, 15) is 4.39 Å². The van der Waals surface area contributed by atoms with Gasteiger partial charge in [0.1, 0.15) is 11.6 Å². The fraction of sp³-hybridized carbons (Fsp3) is 0.333. The Balaban J connectivity index is 2.49. The third kappa shape index (κ3) is 3.61. The van der Waals surface area contributed by atoms with Crippen molar-refractivity contribution >= 4 is 0 Å². The van der Waals surface area contributed by atoms with E-state index in [0.29, 0.717) is 19.0 Å². The van der Waals surface area contributed by atoms with Gasteiger partial charge in [0, 0.05) is 26.2 Å². The first-order valence-corrected chi connectivity index (χ1v) is 4.66. The first-order valence-electron chi connectivity index (χ1n) is 4.66. The summed E-state index contributed by atoms with van der Waals surface area (Å²) in [5.74, 6) is 2.31. The number of ether oxygens (including phenoxy) is 2. The number of hydrogen-bond acceptors (Lipinski definition) is 2. The first kappa shape index (κ1) is 11.5. The maximum atomic E-state index is 13.2. The normalized spacial score (nSPS) is 9.67. The van der Waals surface area contributed by atoms with E-state index in [2.05, 4.69) is 5.92 Å². The van der Waals surface area contributed by atoms with Crippen LogP contribution < -0.4 is 4.74 Å². The molecule has 0 fully saturated rings. The number of methoxy groups -OCH3 is 1. The average molecular weight is 208 g/mol. The van der Waals surface area contributed by atoms with Crippen LogP contribution in [0, 0.1) is 18.2 Å². The molecule has 0 spiro atoms. The summed E-state index contributed by atoms with van der Waals surface area (Å²) in [6.07, 6.45) is 5.87. The Labute approximate surface area is 89.0 Å². The monoisotopic (exact) mass is 208 g/mol. The highest BCUT2D eigenvalue weighted by Gasteiger charge is 2.01. The topological polar surface area (TPSA) is 18.5 Å². The van der Waals surface area contributed by atoms with Crippen LogP contribution in [0.2, 0.25) is 0 Å². The van der Waals surface area contributed by atoms with Crippen LogP contribution in [0.25, 0.3) is 0 Å². The molecule has 0 N–H and O–H groups in total. The molecular formula is C12H13FO2. The van der Waals surface area contributed by atoms with Gasteiger partial charge in [-0.2, -0.15) is 0 Å². The summed E-state index contributed by atoms with van der Waals surface area (Å²) in [7, 11) is 1.63. The van der Waals surface area contributed by atoms with Crippen molar-refractivity contribution in [3.05, 3.63) is 29.6 Å². The van der Waals surface area contributed by atoms with E-state index in [1.165, 1.54) is 12.1 Å². The molecule has 0 aliphatic rings. The fourth-order valence-corrected chi connectivity index (χ4v) is 1.10. The highest BCUT2D eigenvalue weighted by atomic mass is 19.1. The van der Waals surface area contributed by atoms with Crippen molar-refractivity contribution in [2.45, 2.75) is 6.42 Å². The largest absolute Gasteiger partial charge is 0.493 e. The van der Waals surface area contributed by atoms with Gasteiger partial charge in [0.2, 0.25) is 0 Å². The van der Waals surface area contributed by atoms with Gasteiger partial charge in [-0.3, -0.25) is 0 Å². The summed E-state index contributed by atoms with van der Waals surface area (Å²) >= 11 is 0. The van der Waals surface area contributed by atoms with Gasteiger partial charge in [0.05, 0.1) is 12.2 Å². The van der Waals surface area contributed by atoms with Gasteiger partial charge in [-0.15, -0.1) is 6.42 Å². The lowest BCUT2D eigenvalue weighted by Gasteiger charge is -2.06. The maximum Gasteiger partial charge on any atom is 0.142 e. The standard InChI is InChI=1S/C12H13FO2/c1-3-10-5-6-11(9-12(10)13)15-8-4-7-14-2/h1,5-6,9H,4,7-8H2,2H3. The summed E-state index contributed by atoms with van der Waals surface area (Å²) in [6.45, 7) is 1.13. The van der Waals surface area contributed by atoms with E-state index in [1.807, 2.05) is 0 Å². The van der Waals surface area contributed by atoms with Gasteiger partial charge in [-0.1, -0.05) is 5.92 Å². The van der Waals surface area contributed by atoms with Crippen molar-refractivity contribution in [3.8, 4) is 18.1 Å². The Hall–Kier alpha value is -1.53. The fourth-order valence-electron chi connectivity index (χ4n) is 1.10. The number of hydrogen-bond donors (Lipinski definition) is 0. The zero-order chi connectivity index (χ0) is 11.1. The number of halogens is 1. The summed E-state index contributed by atoms with van der Waals surface area (Å²) < 4.78 is 23.3. The van der Waals surface area contributed by atoms with Crippen LogP contribution in [-0.2, 0) is 4.74 Å². The maximum absolute atomic E-state index is 13.2. The van der Waals surface area contributed by atoms with Crippen molar-refractivity contribution in [2.75, 3.05) is 20.3 Å². The van der Waals surface area contributed by atoms with Crippen LogP contribution in [0.3, 0.4) is 0 Å². The van der Waals surface area contributed by atoms with Gasteiger partial charge >= 0.3 is 0 Å². The number of rotatable bonds is 5. The molecule has 0 unspecified atom stereocenters. The van der Waals surface area contributed by atoms with Crippen molar-refractivity contribution in [2.24, 2.45) is 0 Å². The third-order valence-corrected chi connectivity index (χ3v) is 1.86. The van der Waals surface area contributed by atoms with Crippen LogP contribution in [0.4, 0.5) is 4.39 Å². The molecule has 0 saturated carbocycles. The molecule has 3 heteroatoms. The molecule has 1 aromatic rings. The van der Waals surface area contributed by atoms with E-state index < -0.39 is 5.82 Å². The van der Waals surface area contributed by atoms with Gasteiger partial charge < -0.3 is 9.47 Å². The predicted molar refractivity (Wildman–Crippen MR) is 56.3 cm³/mol. The molecule has 0 bridgehead atoms. The molecule has 0 atom stereocenters. The molecule has 0 aromatic heterocycles. The second kappa shape index (κ2) is 6.05. The minimum Gasteiger partial charge on any atom is -0.493 e. The van der Waals surface area contributed by atoms with Gasteiger partial charge in [0.15, 0.2) is 0 Å². The van der Waals surface area contributed by atoms with Crippen LogP contribution in [-0.4, -0.2) is 20.3 Å². The third-order valence-electron chi connectivity index (χ3n) is 1.86. The van der Waals surface area contributed by atoms with E-state index in [-0.39, 0.29) is 5.56 Å². The molecule has 0 saturated heterocycles. The highest BCUT2D eigenvalue weighted by Crippen LogP contribution is 2.15. The SMILES string of the molecule is C#Cc1ccc(OCCCOC)cc1F. The van der Waals surface area contributed by atoms with Crippen molar-refractivity contribution in [3.63, 3.8) is 0 Å². The molecule has 0 aliphatic carbocycles. The molecule has 2 nitrogen and oxygen atoms in total. The summed E-state index contributed by atoms with van der Waals surface area (Å²) in [5, 5.41) is 0. The van der Waals surface area contributed by atoms with Crippen molar-refractivity contribution in [1.29, 1.82) is 0 Å². The van der Waals surface area contributed by atoms with Crippen LogP contribution in [0.5, 0.6) is 5.75 Å². The van der Waals surface area contributed by atoms with Crippen LogP contribution in [0.15, 0.2) is 18.2 Å². The highest BCUT2D eigenvalue weighted by molar-refractivity contribution is 5.38. The Morgan fingerprint density at radius 2 is 2.20 bits per heavy atom. The van der Waals surface area contributed by atoms with Crippen molar-refractivity contribution < 1.29 is 13.9 Å². The lowest BCUT2D eigenvalue weighted by molar-refractivity contribution is 0.172. The first-order chi connectivity index (χ1) is 7.27.